The summed E-state index contributed by atoms with van der Waals surface area (Å²) in [5.41, 5.74) is 3.26. The van der Waals surface area contributed by atoms with Gasteiger partial charge in [-0.25, -0.2) is 0 Å². The van der Waals surface area contributed by atoms with Crippen LogP contribution in [-0.4, -0.2) is 29.3 Å². The van der Waals surface area contributed by atoms with E-state index in [1.54, 1.807) is 11.8 Å². The lowest BCUT2D eigenvalue weighted by atomic mass is 10.0. The summed E-state index contributed by atoms with van der Waals surface area (Å²) in [6.07, 6.45) is 1.49. The predicted octanol–water partition coefficient (Wildman–Crippen LogP) is 3.03. The van der Waals surface area contributed by atoms with Gasteiger partial charge in [0.15, 0.2) is 0 Å². The molecule has 0 amide bonds. The molecule has 2 rings (SSSR count). The summed E-state index contributed by atoms with van der Waals surface area (Å²) in [5, 5.41) is 4.49. The number of aromatic nitrogens is 2. The van der Waals surface area contributed by atoms with Crippen LogP contribution >= 0.6 is 11.6 Å². The zero-order valence-corrected chi connectivity index (χ0v) is 12.6. The molecule has 2 aromatic rings. The molecule has 0 aliphatic carbocycles. The monoisotopic (exact) mass is 292 g/mol. The minimum absolute atomic E-state index is 0.119. The topological polar surface area (TPSA) is 44.1 Å². The third-order valence-corrected chi connectivity index (χ3v) is 3.56. The first-order valence-electron chi connectivity index (χ1n) is 6.36. The Morgan fingerprint density at radius 1 is 1.35 bits per heavy atom. The van der Waals surface area contributed by atoms with Gasteiger partial charge in [-0.3, -0.25) is 9.48 Å². The number of nitrogens with zero attached hydrogens (tertiary/aromatic N) is 2. The van der Waals surface area contributed by atoms with Gasteiger partial charge in [0.05, 0.1) is 24.4 Å². The molecule has 0 saturated carbocycles. The molecule has 106 valence electrons. The molecule has 0 bridgehead atoms. The third-order valence-electron chi connectivity index (χ3n) is 3.29. The van der Waals surface area contributed by atoms with E-state index in [1.807, 2.05) is 32.0 Å². The van der Waals surface area contributed by atoms with E-state index < -0.39 is 0 Å². The molecule has 5 heteroatoms. The molecule has 4 nitrogen and oxygen atoms in total. The highest BCUT2D eigenvalue weighted by Crippen LogP contribution is 2.20. The van der Waals surface area contributed by atoms with Crippen molar-refractivity contribution in [2.45, 2.75) is 20.4 Å². The lowest BCUT2D eigenvalue weighted by molar-refractivity contribution is 0.102. The fourth-order valence-electron chi connectivity index (χ4n) is 1.95. The number of methoxy groups -OCH3 is 1. The molecule has 0 unspecified atom stereocenters. The van der Waals surface area contributed by atoms with Crippen LogP contribution in [0.2, 0.25) is 5.02 Å². The first kappa shape index (κ1) is 14.8. The SMILES string of the molecule is COCCn1ncc(Cl)c1C(=O)c1ccc(C)c(C)c1. The maximum atomic E-state index is 12.6. The van der Waals surface area contributed by atoms with Gasteiger partial charge in [0.1, 0.15) is 5.69 Å². The number of aryl methyl sites for hydroxylation is 2. The fourth-order valence-corrected chi connectivity index (χ4v) is 2.18. The Kier molecular flexibility index (Phi) is 4.57. The minimum atomic E-state index is -0.119. The average molecular weight is 293 g/mol. The average Bonchev–Trinajstić information content (AvgIpc) is 2.80. The van der Waals surface area contributed by atoms with E-state index in [2.05, 4.69) is 5.10 Å². The first-order valence-corrected chi connectivity index (χ1v) is 6.74. The Labute approximate surface area is 123 Å². The minimum Gasteiger partial charge on any atom is -0.383 e. The largest absolute Gasteiger partial charge is 0.383 e. The van der Waals surface area contributed by atoms with Crippen molar-refractivity contribution in [1.29, 1.82) is 0 Å². The summed E-state index contributed by atoms with van der Waals surface area (Å²) in [5.74, 6) is -0.119. The number of ketones is 1. The molecule has 0 aliphatic rings. The molecule has 1 aromatic carbocycles. The quantitative estimate of drug-likeness (QED) is 0.796. The maximum absolute atomic E-state index is 12.6. The second kappa shape index (κ2) is 6.20. The Morgan fingerprint density at radius 2 is 2.10 bits per heavy atom. The smallest absolute Gasteiger partial charge is 0.212 e. The summed E-state index contributed by atoms with van der Waals surface area (Å²) in [6.45, 7) is 4.97. The predicted molar refractivity (Wildman–Crippen MR) is 78.5 cm³/mol. The molecule has 1 aromatic heterocycles. The van der Waals surface area contributed by atoms with Crippen molar-refractivity contribution >= 4 is 17.4 Å². The van der Waals surface area contributed by atoms with Gasteiger partial charge in [-0.05, 0) is 31.0 Å². The van der Waals surface area contributed by atoms with Crippen LogP contribution in [0.1, 0.15) is 27.2 Å². The van der Waals surface area contributed by atoms with Crippen molar-refractivity contribution in [3.8, 4) is 0 Å². The van der Waals surface area contributed by atoms with Crippen molar-refractivity contribution in [3.05, 3.63) is 51.8 Å². The van der Waals surface area contributed by atoms with Crippen molar-refractivity contribution in [1.82, 2.24) is 9.78 Å². The normalized spacial score (nSPS) is 10.8. The van der Waals surface area contributed by atoms with Crippen LogP contribution in [0.25, 0.3) is 0 Å². The molecular weight excluding hydrogens is 276 g/mol. The van der Waals surface area contributed by atoms with Crippen LogP contribution in [0.15, 0.2) is 24.4 Å². The maximum Gasteiger partial charge on any atom is 0.212 e. The van der Waals surface area contributed by atoms with E-state index in [9.17, 15) is 4.79 Å². The van der Waals surface area contributed by atoms with E-state index in [4.69, 9.17) is 16.3 Å². The highest BCUT2D eigenvalue weighted by molar-refractivity contribution is 6.34. The molecule has 0 radical (unpaired) electrons. The molecule has 0 spiro atoms. The van der Waals surface area contributed by atoms with Crippen LogP contribution in [0, 0.1) is 13.8 Å². The van der Waals surface area contributed by atoms with Crippen molar-refractivity contribution in [3.63, 3.8) is 0 Å². The van der Waals surface area contributed by atoms with E-state index in [1.165, 1.54) is 6.20 Å². The van der Waals surface area contributed by atoms with E-state index in [-0.39, 0.29) is 5.78 Å². The molecule has 0 fully saturated rings. The number of hydrogen-bond acceptors (Lipinski definition) is 3. The second-order valence-corrected chi connectivity index (χ2v) is 5.09. The van der Waals surface area contributed by atoms with E-state index in [0.717, 1.165) is 11.1 Å². The summed E-state index contributed by atoms with van der Waals surface area (Å²) < 4.78 is 6.60. The van der Waals surface area contributed by atoms with Crippen LogP contribution in [0.3, 0.4) is 0 Å². The number of halogens is 1. The lowest BCUT2D eigenvalue weighted by Crippen LogP contribution is -2.15. The van der Waals surface area contributed by atoms with Gasteiger partial charge in [-0.15, -0.1) is 0 Å². The van der Waals surface area contributed by atoms with Crippen LogP contribution in [-0.2, 0) is 11.3 Å². The number of ether oxygens (including phenoxy) is 1. The van der Waals surface area contributed by atoms with Gasteiger partial charge in [-0.1, -0.05) is 23.7 Å². The van der Waals surface area contributed by atoms with Gasteiger partial charge in [0, 0.05) is 12.7 Å². The Balaban J connectivity index is 2.37. The highest BCUT2D eigenvalue weighted by atomic mass is 35.5. The molecule has 0 atom stereocenters. The van der Waals surface area contributed by atoms with E-state index in [0.29, 0.717) is 29.4 Å². The summed E-state index contributed by atoms with van der Waals surface area (Å²) in [7, 11) is 1.61. The number of rotatable bonds is 5. The van der Waals surface area contributed by atoms with Gasteiger partial charge in [0.2, 0.25) is 5.78 Å². The van der Waals surface area contributed by atoms with Crippen LogP contribution in [0.5, 0.6) is 0 Å². The zero-order chi connectivity index (χ0) is 14.7. The third kappa shape index (κ3) is 2.92. The van der Waals surface area contributed by atoms with Crippen LogP contribution < -0.4 is 0 Å². The highest BCUT2D eigenvalue weighted by Gasteiger charge is 2.19. The number of benzene rings is 1. The lowest BCUT2D eigenvalue weighted by Gasteiger charge is -2.08. The van der Waals surface area contributed by atoms with Crippen LogP contribution in [0.4, 0.5) is 0 Å². The molecule has 0 N–H and O–H groups in total. The molecule has 1 heterocycles. The zero-order valence-electron chi connectivity index (χ0n) is 11.8. The molecule has 0 aliphatic heterocycles. The standard InChI is InChI=1S/C15H17ClN2O2/c1-10-4-5-12(8-11(10)2)15(19)14-13(16)9-17-18(14)6-7-20-3/h4-5,8-9H,6-7H2,1-3H3. The summed E-state index contributed by atoms with van der Waals surface area (Å²) >= 11 is 6.09. The summed E-state index contributed by atoms with van der Waals surface area (Å²) in [6, 6.07) is 5.63. The fraction of sp³-hybridized carbons (Fsp3) is 0.333. The van der Waals surface area contributed by atoms with Gasteiger partial charge in [-0.2, -0.15) is 5.10 Å². The molecular formula is C15H17ClN2O2. The Hall–Kier alpha value is -1.65. The Bertz CT molecular complexity index is 635. The number of carbonyl (C=O) groups is 1. The van der Waals surface area contributed by atoms with E-state index >= 15 is 0 Å². The van der Waals surface area contributed by atoms with Gasteiger partial charge >= 0.3 is 0 Å². The van der Waals surface area contributed by atoms with Gasteiger partial charge < -0.3 is 4.74 Å². The summed E-state index contributed by atoms with van der Waals surface area (Å²) in [4.78, 5) is 12.6. The Morgan fingerprint density at radius 3 is 2.75 bits per heavy atom. The molecule has 20 heavy (non-hydrogen) atoms. The van der Waals surface area contributed by atoms with Crippen molar-refractivity contribution in [2.75, 3.05) is 13.7 Å². The number of carbonyl (C=O) groups excluding carboxylic acids is 1. The van der Waals surface area contributed by atoms with Crippen molar-refractivity contribution in [2.24, 2.45) is 0 Å². The second-order valence-electron chi connectivity index (χ2n) is 4.69. The van der Waals surface area contributed by atoms with Crippen molar-refractivity contribution < 1.29 is 9.53 Å². The molecule has 0 saturated heterocycles. The van der Waals surface area contributed by atoms with Gasteiger partial charge in [0.25, 0.3) is 0 Å². The number of hydrogen-bond donors (Lipinski definition) is 0. The first-order chi connectivity index (χ1) is 9.54.